The maximum Gasteiger partial charge on any atom is 0.123 e. The summed E-state index contributed by atoms with van der Waals surface area (Å²) in [5, 5.41) is 10.1. The summed E-state index contributed by atoms with van der Waals surface area (Å²) in [5.41, 5.74) is 2.77. The molecule has 0 unspecified atom stereocenters. The average Bonchev–Trinajstić information content (AvgIpc) is 2.28. The summed E-state index contributed by atoms with van der Waals surface area (Å²) in [5.74, 6) is 0.319. The van der Waals surface area contributed by atoms with E-state index in [1.807, 2.05) is 12.1 Å². The highest BCUT2D eigenvalue weighted by atomic mass is 16.3. The molecule has 0 aromatic heterocycles. The van der Waals surface area contributed by atoms with Crippen molar-refractivity contribution in [2.45, 2.75) is 19.3 Å². The highest BCUT2D eigenvalue weighted by Crippen LogP contribution is 2.27. The number of phenolic OH excluding ortho intramolecular Hbond substituents is 1. The zero-order chi connectivity index (χ0) is 12.0. The van der Waals surface area contributed by atoms with Crippen LogP contribution in [0.4, 0.5) is 0 Å². The SMILES string of the molecule is C=CCc1[c]cc(CC=C)c(CC=C)c1O. The van der Waals surface area contributed by atoms with Crippen LogP contribution < -0.4 is 0 Å². The minimum atomic E-state index is 0.319. The van der Waals surface area contributed by atoms with Crippen molar-refractivity contribution in [1.82, 2.24) is 0 Å². The van der Waals surface area contributed by atoms with E-state index in [9.17, 15) is 5.11 Å². The molecule has 0 saturated heterocycles. The second-order valence-corrected chi connectivity index (χ2v) is 3.60. The lowest BCUT2D eigenvalue weighted by Crippen LogP contribution is -1.96. The fourth-order valence-corrected chi connectivity index (χ4v) is 1.67. The van der Waals surface area contributed by atoms with Crippen molar-refractivity contribution >= 4 is 0 Å². The lowest BCUT2D eigenvalue weighted by Gasteiger charge is -2.11. The molecule has 0 spiro atoms. The van der Waals surface area contributed by atoms with E-state index in [0.29, 0.717) is 18.6 Å². The molecular weight excluding hydrogens is 196 g/mol. The Morgan fingerprint density at radius 1 is 1.06 bits per heavy atom. The van der Waals surface area contributed by atoms with Crippen LogP contribution >= 0.6 is 0 Å². The van der Waals surface area contributed by atoms with Gasteiger partial charge in [0, 0.05) is 11.1 Å². The van der Waals surface area contributed by atoms with Crippen LogP contribution in [0.2, 0.25) is 0 Å². The Labute approximate surface area is 97.4 Å². The van der Waals surface area contributed by atoms with E-state index in [1.54, 1.807) is 12.2 Å². The van der Waals surface area contributed by atoms with Crippen LogP contribution in [0.5, 0.6) is 5.75 Å². The summed E-state index contributed by atoms with van der Waals surface area (Å²) >= 11 is 0. The van der Waals surface area contributed by atoms with Gasteiger partial charge >= 0.3 is 0 Å². The van der Waals surface area contributed by atoms with Gasteiger partial charge < -0.3 is 5.11 Å². The first kappa shape index (κ1) is 12.3. The minimum Gasteiger partial charge on any atom is -0.507 e. The molecule has 1 aromatic carbocycles. The molecule has 0 atom stereocenters. The highest BCUT2D eigenvalue weighted by Gasteiger charge is 2.10. The van der Waals surface area contributed by atoms with Gasteiger partial charge in [-0.2, -0.15) is 0 Å². The molecule has 1 radical (unpaired) electrons. The van der Waals surface area contributed by atoms with Gasteiger partial charge in [0.2, 0.25) is 0 Å². The van der Waals surface area contributed by atoms with E-state index in [2.05, 4.69) is 25.8 Å². The molecule has 0 aliphatic rings. The number of hydrogen-bond acceptors (Lipinski definition) is 1. The predicted octanol–water partition coefficient (Wildman–Crippen LogP) is 3.38. The van der Waals surface area contributed by atoms with E-state index in [0.717, 1.165) is 23.1 Å². The number of phenols is 1. The van der Waals surface area contributed by atoms with Gasteiger partial charge in [-0.3, -0.25) is 0 Å². The molecule has 1 heteroatoms. The average molecular weight is 213 g/mol. The number of hydrogen-bond donors (Lipinski definition) is 1. The molecule has 1 aromatic rings. The van der Waals surface area contributed by atoms with Crippen molar-refractivity contribution in [3.8, 4) is 5.75 Å². The monoisotopic (exact) mass is 213 g/mol. The van der Waals surface area contributed by atoms with Crippen molar-refractivity contribution in [2.24, 2.45) is 0 Å². The standard InChI is InChI=1S/C15H17O/c1-4-7-12-10-11-13(8-5-2)15(16)14(12)9-6-3/h4-6,10,16H,1-3,7-9H2. The molecule has 0 heterocycles. The van der Waals surface area contributed by atoms with Crippen LogP contribution in [0.1, 0.15) is 16.7 Å². The fourth-order valence-electron chi connectivity index (χ4n) is 1.67. The molecule has 0 aliphatic carbocycles. The lowest BCUT2D eigenvalue weighted by molar-refractivity contribution is 0.463. The van der Waals surface area contributed by atoms with Crippen molar-refractivity contribution in [1.29, 1.82) is 0 Å². The molecule has 0 fully saturated rings. The summed E-state index contributed by atoms with van der Waals surface area (Å²) in [6.45, 7) is 11.1. The topological polar surface area (TPSA) is 20.2 Å². The zero-order valence-corrected chi connectivity index (χ0v) is 9.50. The van der Waals surface area contributed by atoms with Gasteiger partial charge in [0.25, 0.3) is 0 Å². The first-order chi connectivity index (χ1) is 7.74. The predicted molar refractivity (Wildman–Crippen MR) is 68.6 cm³/mol. The van der Waals surface area contributed by atoms with Gasteiger partial charge in [-0.05, 0) is 37.0 Å². The zero-order valence-electron chi connectivity index (χ0n) is 9.50. The van der Waals surface area contributed by atoms with Gasteiger partial charge in [-0.15, -0.1) is 19.7 Å². The number of aromatic hydroxyl groups is 1. The Kier molecular flexibility index (Phi) is 4.59. The first-order valence-corrected chi connectivity index (χ1v) is 5.31. The number of allylic oxidation sites excluding steroid dienone is 3. The number of benzene rings is 1. The third kappa shape index (κ3) is 2.63. The largest absolute Gasteiger partial charge is 0.507 e. The van der Waals surface area contributed by atoms with Crippen LogP contribution in [0.3, 0.4) is 0 Å². The molecule has 1 nitrogen and oxygen atoms in total. The lowest BCUT2D eigenvalue weighted by atomic mass is 9.96. The van der Waals surface area contributed by atoms with Gasteiger partial charge in [0.15, 0.2) is 0 Å². The molecule has 1 N–H and O–H groups in total. The Morgan fingerprint density at radius 2 is 1.69 bits per heavy atom. The maximum absolute atomic E-state index is 10.1. The Morgan fingerprint density at radius 3 is 2.25 bits per heavy atom. The second kappa shape index (κ2) is 5.96. The van der Waals surface area contributed by atoms with E-state index in [-0.39, 0.29) is 0 Å². The van der Waals surface area contributed by atoms with Crippen LogP contribution in [0.25, 0.3) is 0 Å². The van der Waals surface area contributed by atoms with E-state index >= 15 is 0 Å². The van der Waals surface area contributed by atoms with Gasteiger partial charge in [0.05, 0.1) is 0 Å². The Hall–Kier alpha value is -1.76. The summed E-state index contributed by atoms with van der Waals surface area (Å²) < 4.78 is 0. The normalized spacial score (nSPS) is 9.75. The number of rotatable bonds is 6. The van der Waals surface area contributed by atoms with Gasteiger partial charge in [-0.25, -0.2) is 0 Å². The summed E-state index contributed by atoms with van der Waals surface area (Å²) in [7, 11) is 0. The molecule has 0 amide bonds. The van der Waals surface area contributed by atoms with Crippen LogP contribution in [-0.4, -0.2) is 5.11 Å². The van der Waals surface area contributed by atoms with E-state index in [4.69, 9.17) is 0 Å². The molecule has 83 valence electrons. The maximum atomic E-state index is 10.1. The fraction of sp³-hybridized carbons (Fsp3) is 0.200. The van der Waals surface area contributed by atoms with E-state index in [1.165, 1.54) is 0 Å². The van der Waals surface area contributed by atoms with Crippen LogP contribution in [0, 0.1) is 6.07 Å². The van der Waals surface area contributed by atoms with Gasteiger partial charge in [0.1, 0.15) is 5.75 Å². The molecule has 1 rings (SSSR count). The van der Waals surface area contributed by atoms with Crippen molar-refractivity contribution in [2.75, 3.05) is 0 Å². The van der Waals surface area contributed by atoms with Crippen molar-refractivity contribution < 1.29 is 5.11 Å². The van der Waals surface area contributed by atoms with Crippen molar-refractivity contribution in [3.63, 3.8) is 0 Å². The highest BCUT2D eigenvalue weighted by molar-refractivity contribution is 5.47. The first-order valence-electron chi connectivity index (χ1n) is 5.31. The molecule has 0 saturated carbocycles. The third-order valence-corrected chi connectivity index (χ3v) is 2.44. The quantitative estimate of drug-likeness (QED) is 0.718. The Balaban J connectivity index is 3.22. The smallest absolute Gasteiger partial charge is 0.123 e. The summed E-state index contributed by atoms with van der Waals surface area (Å²) in [6.07, 6.45) is 7.40. The van der Waals surface area contributed by atoms with Crippen LogP contribution in [0.15, 0.2) is 44.0 Å². The van der Waals surface area contributed by atoms with E-state index < -0.39 is 0 Å². The molecule has 0 aliphatic heterocycles. The summed E-state index contributed by atoms with van der Waals surface area (Å²) in [6, 6.07) is 5.00. The minimum absolute atomic E-state index is 0.319. The van der Waals surface area contributed by atoms with Crippen LogP contribution in [-0.2, 0) is 19.3 Å². The Bertz CT molecular complexity index is 402. The van der Waals surface area contributed by atoms with Crippen molar-refractivity contribution in [3.05, 3.63) is 66.8 Å². The summed E-state index contributed by atoms with van der Waals surface area (Å²) in [4.78, 5) is 0. The third-order valence-electron chi connectivity index (χ3n) is 2.44. The molecular formula is C15H17O. The molecule has 0 bridgehead atoms. The second-order valence-electron chi connectivity index (χ2n) is 3.60. The van der Waals surface area contributed by atoms with Gasteiger partial charge in [-0.1, -0.05) is 18.2 Å². The molecule has 16 heavy (non-hydrogen) atoms.